The zero-order valence-corrected chi connectivity index (χ0v) is 14.8. The number of carbonyl (C=O) groups is 2. The number of carboxylic acids is 2. The molecule has 0 amide bonds. The highest BCUT2D eigenvalue weighted by atomic mass is 32.2. The Morgan fingerprint density at radius 3 is 2.41 bits per heavy atom. The summed E-state index contributed by atoms with van der Waals surface area (Å²) in [5.41, 5.74) is 0.680. The molecule has 0 fully saturated rings. The number of hydrogen-bond acceptors (Lipinski definition) is 9. The molecule has 8 nitrogen and oxygen atoms in total. The van der Waals surface area contributed by atoms with E-state index in [1.165, 1.54) is 18.2 Å². The molecule has 3 rings (SSSR count). The highest BCUT2D eigenvalue weighted by Gasteiger charge is 2.11. The second-order valence-corrected chi connectivity index (χ2v) is 6.27. The van der Waals surface area contributed by atoms with E-state index in [1.54, 1.807) is 24.3 Å². The lowest BCUT2D eigenvalue weighted by atomic mass is 10.1. The Morgan fingerprint density at radius 1 is 1.07 bits per heavy atom. The van der Waals surface area contributed by atoms with Crippen LogP contribution in [0.5, 0.6) is 0 Å². The van der Waals surface area contributed by atoms with E-state index in [9.17, 15) is 19.8 Å². The Bertz CT molecular complexity index is 1000. The molecular weight excluding hydrogens is 372 g/mol. The summed E-state index contributed by atoms with van der Waals surface area (Å²) in [5.74, 6) is -1.56. The Balaban J connectivity index is 1.82. The maximum absolute atomic E-state index is 11.4. The number of carboxylic acid groups (broad SMARTS) is 2. The van der Waals surface area contributed by atoms with E-state index in [0.717, 1.165) is 11.8 Å². The van der Waals surface area contributed by atoms with E-state index in [4.69, 9.17) is 8.83 Å². The Hall–Kier alpha value is -3.33. The van der Waals surface area contributed by atoms with Crippen LogP contribution < -0.4 is 10.2 Å². The largest absolute Gasteiger partial charge is 0.545 e. The van der Waals surface area contributed by atoms with E-state index in [2.05, 4.69) is 10.2 Å². The monoisotopic (exact) mass is 384 g/mol. The number of aryl methyl sites for hydroxylation is 1. The van der Waals surface area contributed by atoms with Crippen LogP contribution in [0.4, 0.5) is 0 Å². The highest BCUT2D eigenvalue weighted by molar-refractivity contribution is 8.03. The van der Waals surface area contributed by atoms with Gasteiger partial charge in [-0.3, -0.25) is 0 Å². The molecule has 2 heterocycles. The maximum atomic E-state index is 11.4. The number of furan rings is 1. The van der Waals surface area contributed by atoms with Crippen molar-refractivity contribution in [2.45, 2.75) is 18.6 Å². The summed E-state index contributed by atoms with van der Waals surface area (Å²) in [6.07, 6.45) is 1.82. The summed E-state index contributed by atoms with van der Waals surface area (Å²) >= 11 is 0.765. The van der Waals surface area contributed by atoms with E-state index in [-0.39, 0.29) is 21.5 Å². The van der Waals surface area contributed by atoms with Crippen molar-refractivity contribution in [3.05, 3.63) is 58.5 Å². The van der Waals surface area contributed by atoms with Crippen LogP contribution in [0.3, 0.4) is 0 Å². The molecule has 0 radical (unpaired) electrons. The van der Waals surface area contributed by atoms with Crippen molar-refractivity contribution in [3.8, 4) is 11.3 Å². The number of thioether (sulfide) groups is 1. The number of nitrogens with zero attached hydrogens (tertiary/aromatic N) is 2. The van der Waals surface area contributed by atoms with Gasteiger partial charge in [0.2, 0.25) is 5.89 Å². The van der Waals surface area contributed by atoms with E-state index < -0.39 is 11.9 Å². The van der Waals surface area contributed by atoms with Crippen molar-refractivity contribution in [1.82, 2.24) is 10.2 Å². The Labute approximate surface area is 157 Å². The summed E-state index contributed by atoms with van der Waals surface area (Å²) in [5, 5.41) is 29.8. The summed E-state index contributed by atoms with van der Waals surface area (Å²) in [4.78, 5) is 22.0. The van der Waals surface area contributed by atoms with Crippen LogP contribution in [0.15, 0.2) is 55.4 Å². The first-order chi connectivity index (χ1) is 13.0. The maximum Gasteiger partial charge on any atom is 0.281 e. The zero-order valence-electron chi connectivity index (χ0n) is 14.0. The number of aromatic carboxylic acids is 1. The molecule has 27 heavy (non-hydrogen) atoms. The number of carbonyl (C=O) groups excluding carboxylic acids is 2. The molecule has 9 heteroatoms. The number of rotatable bonds is 7. The molecule has 2 aromatic heterocycles. The average Bonchev–Trinajstić information content (AvgIpc) is 3.30. The average molecular weight is 384 g/mol. The predicted octanol–water partition coefficient (Wildman–Crippen LogP) is 1.14. The third kappa shape index (κ3) is 4.45. The minimum atomic E-state index is -1.41. The Morgan fingerprint density at radius 2 is 1.81 bits per heavy atom. The van der Waals surface area contributed by atoms with Gasteiger partial charge >= 0.3 is 0 Å². The second kappa shape index (κ2) is 7.92. The minimum absolute atomic E-state index is 0.0482. The fraction of sp³-hybridized carbons (Fsp3) is 0.111. The third-order valence-electron chi connectivity index (χ3n) is 3.45. The van der Waals surface area contributed by atoms with Crippen LogP contribution in [0.1, 0.15) is 28.9 Å². The normalized spacial score (nSPS) is 11.5. The summed E-state index contributed by atoms with van der Waals surface area (Å²) < 4.78 is 10.9. The van der Waals surface area contributed by atoms with Gasteiger partial charge in [-0.1, -0.05) is 31.2 Å². The number of benzene rings is 1. The molecular formula is C18H12N2O6S-2. The van der Waals surface area contributed by atoms with Gasteiger partial charge in [0.25, 0.3) is 5.22 Å². The number of hydrogen-bond donors (Lipinski definition) is 0. The minimum Gasteiger partial charge on any atom is -0.545 e. The molecule has 0 saturated heterocycles. The quantitative estimate of drug-likeness (QED) is 0.434. The molecule has 0 bridgehead atoms. The molecule has 0 aliphatic carbocycles. The molecule has 1 aromatic carbocycles. The van der Waals surface area contributed by atoms with Crippen LogP contribution in [-0.2, 0) is 11.2 Å². The number of aromatic nitrogens is 2. The molecule has 138 valence electrons. The summed E-state index contributed by atoms with van der Waals surface area (Å²) in [6, 6.07) is 9.14. The van der Waals surface area contributed by atoms with Gasteiger partial charge in [-0.25, -0.2) is 0 Å². The first kappa shape index (κ1) is 18.5. The van der Waals surface area contributed by atoms with Crippen LogP contribution in [-0.4, -0.2) is 22.1 Å². The SMILES string of the molecule is CCc1nnc(S/C(=C/c2ccc(-c3ccc(C(=O)[O-])cc3)o2)C(=O)[O-])o1. The molecule has 0 spiro atoms. The fourth-order valence-electron chi connectivity index (χ4n) is 2.13. The van der Waals surface area contributed by atoms with Gasteiger partial charge in [-0.05, 0) is 35.5 Å². The van der Waals surface area contributed by atoms with E-state index in [0.29, 0.717) is 23.6 Å². The van der Waals surface area contributed by atoms with Crippen LogP contribution in [0.25, 0.3) is 17.4 Å². The standard InChI is InChI=1S/C18H14N2O6S/c1-2-15-19-20-18(26-15)27-14(17(23)24)9-12-7-8-13(25-12)10-3-5-11(6-4-10)16(21)22/h3-9H,2H2,1H3,(H,21,22)(H,23,24)/p-2/b14-9+. The smallest absolute Gasteiger partial charge is 0.281 e. The van der Waals surface area contributed by atoms with Gasteiger partial charge in [0, 0.05) is 16.9 Å². The molecule has 0 aliphatic heterocycles. The highest BCUT2D eigenvalue weighted by Crippen LogP contribution is 2.29. The number of aliphatic carboxylic acids is 1. The Kier molecular flexibility index (Phi) is 5.41. The first-order valence-electron chi connectivity index (χ1n) is 7.81. The lowest BCUT2D eigenvalue weighted by Gasteiger charge is -2.04. The van der Waals surface area contributed by atoms with Gasteiger partial charge in [-0.2, -0.15) is 0 Å². The van der Waals surface area contributed by atoms with Gasteiger partial charge in [-0.15, -0.1) is 10.2 Å². The van der Waals surface area contributed by atoms with E-state index in [1.807, 2.05) is 6.92 Å². The van der Waals surface area contributed by atoms with Crippen LogP contribution >= 0.6 is 11.8 Å². The summed E-state index contributed by atoms with van der Waals surface area (Å²) in [6.45, 7) is 1.83. The molecule has 0 N–H and O–H groups in total. The summed E-state index contributed by atoms with van der Waals surface area (Å²) in [7, 11) is 0. The third-order valence-corrected chi connectivity index (χ3v) is 4.30. The van der Waals surface area contributed by atoms with Crippen molar-refractivity contribution in [2.75, 3.05) is 0 Å². The molecule has 0 atom stereocenters. The van der Waals surface area contributed by atoms with Crippen molar-refractivity contribution in [3.63, 3.8) is 0 Å². The van der Waals surface area contributed by atoms with E-state index >= 15 is 0 Å². The van der Waals surface area contributed by atoms with Crippen LogP contribution in [0.2, 0.25) is 0 Å². The first-order valence-corrected chi connectivity index (χ1v) is 8.63. The van der Waals surface area contributed by atoms with Crippen molar-refractivity contribution in [1.29, 1.82) is 0 Å². The lowest BCUT2D eigenvalue weighted by molar-refractivity contribution is -0.298. The van der Waals surface area contributed by atoms with Crippen LogP contribution in [0, 0.1) is 0 Å². The van der Waals surface area contributed by atoms with Crippen molar-refractivity contribution >= 4 is 29.8 Å². The molecule has 0 saturated carbocycles. The van der Waals surface area contributed by atoms with Gasteiger partial charge in [0.15, 0.2) is 0 Å². The molecule has 0 unspecified atom stereocenters. The predicted molar refractivity (Wildman–Crippen MR) is 91.0 cm³/mol. The van der Waals surface area contributed by atoms with Crippen molar-refractivity contribution in [2.24, 2.45) is 0 Å². The lowest BCUT2D eigenvalue weighted by Crippen LogP contribution is -2.22. The van der Waals surface area contributed by atoms with Gasteiger partial charge in [0.05, 0.1) is 11.9 Å². The topological polar surface area (TPSA) is 132 Å². The van der Waals surface area contributed by atoms with Gasteiger partial charge in [0.1, 0.15) is 11.5 Å². The zero-order chi connectivity index (χ0) is 19.4. The molecule has 0 aliphatic rings. The molecule has 3 aromatic rings. The second-order valence-electron chi connectivity index (χ2n) is 5.28. The fourth-order valence-corrected chi connectivity index (χ4v) is 2.80. The van der Waals surface area contributed by atoms with Crippen molar-refractivity contribution < 1.29 is 28.6 Å². The van der Waals surface area contributed by atoms with Gasteiger partial charge < -0.3 is 28.6 Å².